The van der Waals surface area contributed by atoms with Crippen molar-refractivity contribution in [1.29, 1.82) is 0 Å². The molecule has 2 aromatic heterocycles. The van der Waals surface area contributed by atoms with E-state index in [-0.39, 0.29) is 6.04 Å². The number of imidazole rings is 1. The third-order valence-electron chi connectivity index (χ3n) is 4.28. The second-order valence-electron chi connectivity index (χ2n) is 5.96. The van der Waals surface area contributed by atoms with Crippen LogP contribution in [0.25, 0.3) is 11.0 Å². The molecule has 1 aromatic carbocycles. The molecule has 0 amide bonds. The van der Waals surface area contributed by atoms with E-state index < -0.39 is 0 Å². The molecule has 1 aliphatic rings. The van der Waals surface area contributed by atoms with Crippen LogP contribution in [0, 0.1) is 13.8 Å². The predicted octanol–water partition coefficient (Wildman–Crippen LogP) is 3.31. The zero-order valence-electron chi connectivity index (χ0n) is 12.9. The van der Waals surface area contributed by atoms with Crippen LogP contribution in [-0.4, -0.2) is 26.5 Å². The van der Waals surface area contributed by atoms with Crippen molar-refractivity contribution in [3.05, 3.63) is 47.7 Å². The van der Waals surface area contributed by atoms with E-state index in [0.29, 0.717) is 0 Å². The molecule has 0 unspecified atom stereocenters. The van der Waals surface area contributed by atoms with E-state index >= 15 is 0 Å². The maximum atomic E-state index is 4.79. The van der Waals surface area contributed by atoms with Crippen LogP contribution in [0.2, 0.25) is 0 Å². The summed E-state index contributed by atoms with van der Waals surface area (Å²) < 4.78 is 0. The van der Waals surface area contributed by atoms with Gasteiger partial charge >= 0.3 is 0 Å². The summed E-state index contributed by atoms with van der Waals surface area (Å²) in [5, 5.41) is 0. The van der Waals surface area contributed by atoms with Crippen LogP contribution in [0.5, 0.6) is 0 Å². The number of H-pyrrole nitrogens is 1. The quantitative estimate of drug-likeness (QED) is 0.787. The number of nitrogens with zero attached hydrogens (tertiary/aromatic N) is 4. The van der Waals surface area contributed by atoms with Crippen molar-refractivity contribution >= 4 is 16.9 Å². The molecule has 0 saturated carbocycles. The monoisotopic (exact) mass is 293 g/mol. The number of aromatic amines is 1. The fraction of sp³-hybridized carbons (Fsp3) is 0.353. The van der Waals surface area contributed by atoms with E-state index in [1.54, 1.807) is 0 Å². The van der Waals surface area contributed by atoms with Gasteiger partial charge in [-0.2, -0.15) is 0 Å². The van der Waals surface area contributed by atoms with Gasteiger partial charge in [0.05, 0.1) is 17.1 Å². The number of benzene rings is 1. The third-order valence-corrected chi connectivity index (χ3v) is 4.28. The molecular formula is C17H19N5. The van der Waals surface area contributed by atoms with Gasteiger partial charge in [0.15, 0.2) is 0 Å². The summed E-state index contributed by atoms with van der Waals surface area (Å²) in [6, 6.07) is 8.59. The van der Waals surface area contributed by atoms with Crippen LogP contribution < -0.4 is 4.90 Å². The van der Waals surface area contributed by atoms with E-state index in [1.807, 2.05) is 19.2 Å². The molecule has 3 heterocycles. The lowest BCUT2D eigenvalue weighted by Gasteiger charge is -2.24. The summed E-state index contributed by atoms with van der Waals surface area (Å²) in [5.41, 5.74) is 3.39. The highest BCUT2D eigenvalue weighted by Crippen LogP contribution is 2.34. The summed E-state index contributed by atoms with van der Waals surface area (Å²) in [6.45, 7) is 5.04. The standard InChI is InChI=1S/C17H19N5/c1-11-5-6-13-14(10-11)21-17(20-13)15-4-3-9-22(15)16-7-8-18-12(2)19-16/h5-8,10,15H,3-4,9H2,1-2H3,(H,20,21)/t15-/m0/s1. The molecule has 4 rings (SSSR count). The highest BCUT2D eigenvalue weighted by atomic mass is 15.3. The SMILES string of the molecule is Cc1ccc2nc([C@@H]3CCCN3c3ccnc(C)n3)[nH]c2c1. The van der Waals surface area contributed by atoms with Gasteiger partial charge in [-0.15, -0.1) is 0 Å². The molecule has 5 nitrogen and oxygen atoms in total. The molecule has 1 saturated heterocycles. The second kappa shape index (κ2) is 5.09. The Bertz CT molecular complexity index is 823. The predicted molar refractivity (Wildman–Crippen MR) is 86.9 cm³/mol. The van der Waals surface area contributed by atoms with Crippen molar-refractivity contribution < 1.29 is 0 Å². The average molecular weight is 293 g/mol. The molecule has 112 valence electrons. The molecule has 22 heavy (non-hydrogen) atoms. The van der Waals surface area contributed by atoms with Gasteiger partial charge in [0.1, 0.15) is 17.5 Å². The van der Waals surface area contributed by atoms with E-state index in [9.17, 15) is 0 Å². The van der Waals surface area contributed by atoms with Crippen molar-refractivity contribution in [3.8, 4) is 0 Å². The highest BCUT2D eigenvalue weighted by Gasteiger charge is 2.29. The van der Waals surface area contributed by atoms with Crippen LogP contribution in [-0.2, 0) is 0 Å². The minimum Gasteiger partial charge on any atom is -0.346 e. The Balaban J connectivity index is 1.73. The number of anilines is 1. The van der Waals surface area contributed by atoms with Crippen LogP contribution in [0.3, 0.4) is 0 Å². The summed E-state index contributed by atoms with van der Waals surface area (Å²) in [5.74, 6) is 2.84. The largest absolute Gasteiger partial charge is 0.346 e. The van der Waals surface area contributed by atoms with Crippen molar-refractivity contribution in [1.82, 2.24) is 19.9 Å². The van der Waals surface area contributed by atoms with E-state index in [4.69, 9.17) is 4.98 Å². The number of aromatic nitrogens is 4. The van der Waals surface area contributed by atoms with Crippen molar-refractivity contribution in [3.63, 3.8) is 0 Å². The lowest BCUT2D eigenvalue weighted by Crippen LogP contribution is -2.24. The molecule has 5 heteroatoms. The first-order valence-corrected chi connectivity index (χ1v) is 7.73. The molecule has 1 aliphatic heterocycles. The van der Waals surface area contributed by atoms with Crippen molar-refractivity contribution in [2.45, 2.75) is 32.7 Å². The Morgan fingerprint density at radius 2 is 2.09 bits per heavy atom. The molecule has 1 fully saturated rings. The first-order chi connectivity index (χ1) is 10.7. The fourth-order valence-corrected chi connectivity index (χ4v) is 3.23. The minimum absolute atomic E-state index is 0.266. The minimum atomic E-state index is 0.266. The topological polar surface area (TPSA) is 57.7 Å². The Hall–Kier alpha value is -2.43. The zero-order valence-corrected chi connectivity index (χ0v) is 12.9. The number of nitrogens with one attached hydrogen (secondary N) is 1. The molecule has 0 aliphatic carbocycles. The highest BCUT2D eigenvalue weighted by molar-refractivity contribution is 5.76. The van der Waals surface area contributed by atoms with Gasteiger partial charge in [-0.3, -0.25) is 0 Å². The smallest absolute Gasteiger partial charge is 0.132 e. The van der Waals surface area contributed by atoms with E-state index in [1.165, 1.54) is 5.56 Å². The van der Waals surface area contributed by atoms with Crippen LogP contribution in [0.15, 0.2) is 30.5 Å². The molecule has 3 aromatic rings. The Labute approximate surface area is 129 Å². The zero-order chi connectivity index (χ0) is 15.1. The second-order valence-corrected chi connectivity index (χ2v) is 5.96. The maximum absolute atomic E-state index is 4.79. The number of hydrogen-bond acceptors (Lipinski definition) is 4. The lowest BCUT2D eigenvalue weighted by molar-refractivity contribution is 0.671. The molecule has 0 radical (unpaired) electrons. The van der Waals surface area contributed by atoms with Gasteiger partial charge in [0, 0.05) is 12.7 Å². The first kappa shape index (κ1) is 13.2. The average Bonchev–Trinajstić information content (AvgIpc) is 3.12. The van der Waals surface area contributed by atoms with Gasteiger partial charge in [-0.05, 0) is 50.5 Å². The van der Waals surface area contributed by atoms with Gasteiger partial charge in [0.2, 0.25) is 0 Å². The van der Waals surface area contributed by atoms with E-state index in [0.717, 1.165) is 47.9 Å². The van der Waals surface area contributed by atoms with Gasteiger partial charge in [-0.25, -0.2) is 15.0 Å². The first-order valence-electron chi connectivity index (χ1n) is 7.73. The summed E-state index contributed by atoms with van der Waals surface area (Å²) in [6.07, 6.45) is 4.08. The van der Waals surface area contributed by atoms with Crippen LogP contribution in [0.4, 0.5) is 5.82 Å². The van der Waals surface area contributed by atoms with Crippen molar-refractivity contribution in [2.24, 2.45) is 0 Å². The maximum Gasteiger partial charge on any atom is 0.132 e. The molecule has 1 N–H and O–H groups in total. The Kier molecular flexibility index (Phi) is 3.06. The van der Waals surface area contributed by atoms with Crippen LogP contribution >= 0.6 is 0 Å². The summed E-state index contributed by atoms with van der Waals surface area (Å²) in [7, 11) is 0. The third kappa shape index (κ3) is 2.22. The summed E-state index contributed by atoms with van der Waals surface area (Å²) in [4.78, 5) is 19.4. The molecule has 1 atom stereocenters. The molecule has 0 spiro atoms. The van der Waals surface area contributed by atoms with Gasteiger partial charge < -0.3 is 9.88 Å². The normalized spacial score (nSPS) is 18.3. The van der Waals surface area contributed by atoms with Crippen molar-refractivity contribution in [2.75, 3.05) is 11.4 Å². The van der Waals surface area contributed by atoms with Crippen LogP contribution in [0.1, 0.15) is 36.1 Å². The lowest BCUT2D eigenvalue weighted by atomic mass is 10.2. The van der Waals surface area contributed by atoms with E-state index in [2.05, 4.69) is 45.0 Å². The Morgan fingerprint density at radius 1 is 1.18 bits per heavy atom. The number of rotatable bonds is 2. The summed E-state index contributed by atoms with van der Waals surface area (Å²) >= 11 is 0. The molecule has 0 bridgehead atoms. The van der Waals surface area contributed by atoms with Gasteiger partial charge in [-0.1, -0.05) is 6.07 Å². The fourth-order valence-electron chi connectivity index (χ4n) is 3.23. The number of hydrogen-bond donors (Lipinski definition) is 1. The molecular weight excluding hydrogens is 274 g/mol. The Morgan fingerprint density at radius 3 is 2.95 bits per heavy atom. The number of fused-ring (bicyclic) bond motifs is 1. The van der Waals surface area contributed by atoms with Gasteiger partial charge in [0.25, 0.3) is 0 Å². The number of aryl methyl sites for hydroxylation is 2.